The largest absolute Gasteiger partial charge is 0.248 e. The van der Waals surface area contributed by atoms with Crippen LogP contribution in [0, 0.1) is 32.1 Å². The van der Waals surface area contributed by atoms with Crippen LogP contribution in [-0.4, -0.2) is 4.57 Å². The van der Waals surface area contributed by atoms with Crippen molar-refractivity contribution in [3.8, 4) is 11.8 Å². The molecule has 0 aliphatic carbocycles. The lowest BCUT2D eigenvalue weighted by Gasteiger charge is -2.07. The number of nitrogens with zero attached hydrogens (tertiary/aromatic N) is 3. The highest BCUT2D eigenvalue weighted by atomic mass is 15.1. The fourth-order valence-corrected chi connectivity index (χ4v) is 2.91. The summed E-state index contributed by atoms with van der Waals surface area (Å²) in [6, 6.07) is 6.66. The predicted molar refractivity (Wildman–Crippen MR) is 84.3 cm³/mol. The normalized spacial score (nSPS) is 10.6. The van der Waals surface area contributed by atoms with Crippen LogP contribution in [0.3, 0.4) is 0 Å². The summed E-state index contributed by atoms with van der Waals surface area (Å²) in [7, 11) is 0. The van der Waals surface area contributed by atoms with E-state index in [9.17, 15) is 0 Å². The number of imidazole rings is 1. The van der Waals surface area contributed by atoms with Gasteiger partial charge >= 0.3 is 0 Å². The van der Waals surface area contributed by atoms with Crippen LogP contribution in [0.1, 0.15) is 42.4 Å². The van der Waals surface area contributed by atoms with E-state index in [1.807, 2.05) is 0 Å². The van der Waals surface area contributed by atoms with Crippen LogP contribution in [0.2, 0.25) is 0 Å². The number of aryl methyl sites for hydroxylation is 4. The van der Waals surface area contributed by atoms with Gasteiger partial charge in [-0.25, -0.2) is 9.13 Å². The number of benzene rings is 1. The number of hydrogen-bond acceptors (Lipinski definition) is 1. The van der Waals surface area contributed by atoms with Crippen molar-refractivity contribution in [2.45, 2.75) is 53.0 Å². The number of rotatable bonds is 6. The van der Waals surface area contributed by atoms with Crippen LogP contribution in [0.4, 0.5) is 0 Å². The van der Waals surface area contributed by atoms with E-state index in [1.54, 1.807) is 0 Å². The Labute approximate surface area is 127 Å². The second-order valence-corrected chi connectivity index (χ2v) is 5.77. The molecule has 0 unspecified atom stereocenters. The third-order valence-corrected chi connectivity index (χ3v) is 3.79. The highest BCUT2D eigenvalue weighted by Gasteiger charge is 2.12. The molecule has 0 saturated carbocycles. The number of hydrogen-bond donors (Lipinski definition) is 0. The Morgan fingerprint density at radius 3 is 2.48 bits per heavy atom. The molecule has 2 rings (SSSR count). The van der Waals surface area contributed by atoms with Crippen molar-refractivity contribution in [2.24, 2.45) is 0 Å². The highest BCUT2D eigenvalue weighted by molar-refractivity contribution is 5.48. The summed E-state index contributed by atoms with van der Waals surface area (Å²) in [5.41, 5.74) is 5.21. The third-order valence-electron chi connectivity index (χ3n) is 3.79. The molecule has 0 N–H and O–H groups in total. The van der Waals surface area contributed by atoms with Crippen molar-refractivity contribution in [3.05, 3.63) is 47.5 Å². The summed E-state index contributed by atoms with van der Waals surface area (Å²) < 4.78 is 4.44. The second-order valence-electron chi connectivity index (χ2n) is 5.77. The molecule has 0 radical (unpaired) electrons. The standard InChI is InChI=1S/C18H24N3/c1-15-12-16(2)18(17(3)13-15)21-11-10-20(14-21)9-7-5-4-6-8-19/h10-14H,4-7,9H2,1-3H3/q+1. The lowest BCUT2D eigenvalue weighted by molar-refractivity contribution is -0.696. The second kappa shape index (κ2) is 7.08. The van der Waals surface area contributed by atoms with Crippen LogP contribution in [0.25, 0.3) is 5.69 Å². The van der Waals surface area contributed by atoms with E-state index in [2.05, 4.69) is 66.8 Å². The van der Waals surface area contributed by atoms with Crippen LogP contribution < -0.4 is 4.57 Å². The van der Waals surface area contributed by atoms with Crippen molar-refractivity contribution >= 4 is 0 Å². The SMILES string of the molecule is Cc1cc(C)c(-n2cc[n+](CCCCCC#N)c2)c(C)c1. The monoisotopic (exact) mass is 282 g/mol. The van der Waals surface area contributed by atoms with E-state index in [0.29, 0.717) is 6.42 Å². The quantitative estimate of drug-likeness (QED) is 0.586. The summed E-state index contributed by atoms with van der Waals surface area (Å²) in [5, 5.41) is 8.52. The fourth-order valence-electron chi connectivity index (χ4n) is 2.91. The van der Waals surface area contributed by atoms with Crippen molar-refractivity contribution < 1.29 is 4.57 Å². The molecular weight excluding hydrogens is 258 g/mol. The molecular formula is C18H24N3+. The summed E-state index contributed by atoms with van der Waals surface area (Å²) in [4.78, 5) is 0. The van der Waals surface area contributed by atoms with Crippen LogP contribution in [0.5, 0.6) is 0 Å². The van der Waals surface area contributed by atoms with Crippen LogP contribution in [0.15, 0.2) is 30.9 Å². The van der Waals surface area contributed by atoms with Crippen molar-refractivity contribution in [1.29, 1.82) is 5.26 Å². The fraction of sp³-hybridized carbons (Fsp3) is 0.444. The number of unbranched alkanes of at least 4 members (excludes halogenated alkanes) is 3. The maximum absolute atomic E-state index is 8.52. The van der Waals surface area contributed by atoms with Gasteiger partial charge in [0, 0.05) is 6.42 Å². The van der Waals surface area contributed by atoms with E-state index >= 15 is 0 Å². The van der Waals surface area contributed by atoms with Gasteiger partial charge in [0.2, 0.25) is 6.33 Å². The Hall–Kier alpha value is -2.08. The van der Waals surface area contributed by atoms with Gasteiger partial charge in [0.05, 0.1) is 12.6 Å². The summed E-state index contributed by atoms with van der Waals surface area (Å²) >= 11 is 0. The van der Waals surface area contributed by atoms with Crippen LogP contribution in [-0.2, 0) is 6.54 Å². The van der Waals surface area contributed by atoms with Crippen molar-refractivity contribution in [1.82, 2.24) is 4.57 Å². The van der Waals surface area contributed by atoms with Gasteiger partial charge in [-0.3, -0.25) is 0 Å². The summed E-state index contributed by atoms with van der Waals surface area (Å²) in [6.07, 6.45) is 10.3. The zero-order valence-corrected chi connectivity index (χ0v) is 13.3. The Morgan fingerprint density at radius 1 is 1.10 bits per heavy atom. The zero-order chi connectivity index (χ0) is 15.2. The van der Waals surface area contributed by atoms with Gasteiger partial charge in [-0.15, -0.1) is 0 Å². The molecule has 0 aliphatic heterocycles. The molecule has 0 bridgehead atoms. The Kier molecular flexibility index (Phi) is 5.16. The lowest BCUT2D eigenvalue weighted by atomic mass is 10.1. The Morgan fingerprint density at radius 2 is 1.81 bits per heavy atom. The molecule has 0 aliphatic rings. The average Bonchev–Trinajstić information content (AvgIpc) is 2.86. The summed E-state index contributed by atoms with van der Waals surface area (Å²) in [5.74, 6) is 0. The molecule has 110 valence electrons. The van der Waals surface area contributed by atoms with Gasteiger partial charge < -0.3 is 0 Å². The van der Waals surface area contributed by atoms with Crippen molar-refractivity contribution in [3.63, 3.8) is 0 Å². The maximum atomic E-state index is 8.52. The first-order valence-corrected chi connectivity index (χ1v) is 7.64. The van der Waals surface area contributed by atoms with E-state index in [1.165, 1.54) is 22.4 Å². The maximum Gasteiger partial charge on any atom is 0.248 e. The van der Waals surface area contributed by atoms with E-state index < -0.39 is 0 Å². The first-order valence-electron chi connectivity index (χ1n) is 7.64. The topological polar surface area (TPSA) is 32.6 Å². The minimum absolute atomic E-state index is 0.674. The van der Waals surface area contributed by atoms with E-state index in [0.717, 1.165) is 25.8 Å². The van der Waals surface area contributed by atoms with Gasteiger partial charge in [-0.2, -0.15) is 5.26 Å². The van der Waals surface area contributed by atoms with Gasteiger partial charge in [0.1, 0.15) is 18.1 Å². The molecule has 1 heterocycles. The van der Waals surface area contributed by atoms with Gasteiger partial charge in [0.25, 0.3) is 0 Å². The van der Waals surface area contributed by atoms with Gasteiger partial charge in [-0.1, -0.05) is 17.7 Å². The zero-order valence-electron chi connectivity index (χ0n) is 13.3. The first-order chi connectivity index (χ1) is 10.1. The molecule has 0 atom stereocenters. The third kappa shape index (κ3) is 3.95. The van der Waals surface area contributed by atoms with E-state index in [-0.39, 0.29) is 0 Å². The molecule has 2 aromatic rings. The predicted octanol–water partition coefficient (Wildman–Crippen LogP) is 3.77. The van der Waals surface area contributed by atoms with Crippen LogP contribution >= 0.6 is 0 Å². The van der Waals surface area contributed by atoms with E-state index in [4.69, 9.17) is 5.26 Å². The number of nitriles is 1. The van der Waals surface area contributed by atoms with Crippen molar-refractivity contribution in [2.75, 3.05) is 0 Å². The minimum Gasteiger partial charge on any atom is -0.236 e. The minimum atomic E-state index is 0.674. The molecule has 0 fully saturated rings. The molecule has 0 spiro atoms. The summed E-state index contributed by atoms with van der Waals surface area (Å²) in [6.45, 7) is 7.49. The molecule has 1 aromatic heterocycles. The molecule has 3 heteroatoms. The molecule has 0 saturated heterocycles. The molecule has 21 heavy (non-hydrogen) atoms. The highest BCUT2D eigenvalue weighted by Crippen LogP contribution is 2.20. The molecule has 0 amide bonds. The lowest BCUT2D eigenvalue weighted by Crippen LogP contribution is -2.30. The van der Waals surface area contributed by atoms with Gasteiger partial charge in [0.15, 0.2) is 0 Å². The first kappa shape index (κ1) is 15.3. The van der Waals surface area contributed by atoms with Gasteiger partial charge in [-0.05, 0) is 51.2 Å². The smallest absolute Gasteiger partial charge is 0.236 e. The Balaban J connectivity index is 2.05. The Bertz CT molecular complexity index is 624. The number of aromatic nitrogens is 2. The molecule has 3 nitrogen and oxygen atoms in total. The average molecular weight is 282 g/mol. The molecule has 1 aromatic carbocycles.